The van der Waals surface area contributed by atoms with Crippen LogP contribution in [0.5, 0.6) is 0 Å². The highest BCUT2D eigenvalue weighted by Crippen LogP contribution is 2.37. The van der Waals surface area contributed by atoms with Gasteiger partial charge in [-0.05, 0) is 67.4 Å². The second-order valence-electron chi connectivity index (χ2n) is 8.95. The van der Waals surface area contributed by atoms with E-state index in [4.69, 9.17) is 9.97 Å². The molecule has 0 saturated heterocycles. The van der Waals surface area contributed by atoms with Gasteiger partial charge in [0.2, 0.25) is 0 Å². The molecule has 1 saturated carbocycles. The molecule has 1 fully saturated rings. The van der Waals surface area contributed by atoms with Crippen LogP contribution >= 0.6 is 0 Å². The van der Waals surface area contributed by atoms with Crippen LogP contribution in [-0.4, -0.2) is 30.6 Å². The van der Waals surface area contributed by atoms with Crippen LogP contribution < -0.4 is 0 Å². The Labute approximate surface area is 196 Å². The number of imidazole rings is 1. The standard InChI is InChI=1S/C28H24N4O2/c33-28(34)21-8-11-26-25(17-21)31-27(32(26)22-4-2-1-3-5-22)20-7-10-24-19(16-20)6-9-23(30-24)18-12-14-29-15-13-18/h6-17,22H,1-5H2,(H,33,34). The SMILES string of the molecule is O=C(O)c1ccc2c(c1)nc(-c1ccc3nc(-c4ccncc4)ccc3c1)n2C1CCCCC1. The van der Waals surface area contributed by atoms with Gasteiger partial charge in [-0.25, -0.2) is 14.8 Å². The van der Waals surface area contributed by atoms with Crippen LogP contribution in [0.3, 0.4) is 0 Å². The molecule has 0 radical (unpaired) electrons. The minimum atomic E-state index is -0.933. The first-order chi connectivity index (χ1) is 16.7. The van der Waals surface area contributed by atoms with E-state index in [0.29, 0.717) is 6.04 Å². The number of rotatable bonds is 4. The predicted octanol–water partition coefficient (Wildman–Crippen LogP) is 6.52. The van der Waals surface area contributed by atoms with Crippen LogP contribution in [0.15, 0.2) is 73.1 Å². The van der Waals surface area contributed by atoms with E-state index < -0.39 is 5.97 Å². The maximum Gasteiger partial charge on any atom is 0.335 e. The first-order valence-electron chi connectivity index (χ1n) is 11.7. The molecule has 5 aromatic rings. The fraction of sp³-hybridized carbons (Fsp3) is 0.214. The van der Waals surface area contributed by atoms with E-state index in [1.165, 1.54) is 19.3 Å². The summed E-state index contributed by atoms with van der Waals surface area (Å²) in [6, 6.07) is 19.9. The lowest BCUT2D eigenvalue weighted by Crippen LogP contribution is -2.14. The third-order valence-corrected chi connectivity index (χ3v) is 6.80. The summed E-state index contributed by atoms with van der Waals surface area (Å²) in [5.74, 6) is -0.0398. The van der Waals surface area contributed by atoms with E-state index in [9.17, 15) is 9.90 Å². The van der Waals surface area contributed by atoms with Crippen molar-refractivity contribution in [2.24, 2.45) is 0 Å². The first kappa shape index (κ1) is 20.5. The number of carboxylic acids is 1. The largest absolute Gasteiger partial charge is 0.478 e. The molecule has 3 heterocycles. The molecule has 0 spiro atoms. The van der Waals surface area contributed by atoms with E-state index in [1.54, 1.807) is 24.5 Å². The van der Waals surface area contributed by atoms with E-state index in [1.807, 2.05) is 30.3 Å². The summed E-state index contributed by atoms with van der Waals surface area (Å²) >= 11 is 0. The smallest absolute Gasteiger partial charge is 0.335 e. The highest BCUT2D eigenvalue weighted by atomic mass is 16.4. The molecule has 1 N–H and O–H groups in total. The van der Waals surface area contributed by atoms with E-state index in [0.717, 1.165) is 57.4 Å². The molecule has 6 nitrogen and oxygen atoms in total. The lowest BCUT2D eigenvalue weighted by atomic mass is 9.94. The van der Waals surface area contributed by atoms with Crippen LogP contribution in [0.4, 0.5) is 0 Å². The highest BCUT2D eigenvalue weighted by Gasteiger charge is 2.23. The lowest BCUT2D eigenvalue weighted by Gasteiger charge is -2.25. The first-order valence-corrected chi connectivity index (χ1v) is 11.7. The van der Waals surface area contributed by atoms with Gasteiger partial charge in [-0.15, -0.1) is 0 Å². The van der Waals surface area contributed by atoms with Crippen molar-refractivity contribution in [3.63, 3.8) is 0 Å². The molecule has 0 aliphatic heterocycles. The number of hydrogen-bond donors (Lipinski definition) is 1. The van der Waals surface area contributed by atoms with Crippen molar-refractivity contribution < 1.29 is 9.90 Å². The number of nitrogens with zero attached hydrogens (tertiary/aromatic N) is 4. The van der Waals surface area contributed by atoms with E-state index in [-0.39, 0.29) is 5.56 Å². The Kier molecular flexibility index (Phi) is 5.06. The molecular weight excluding hydrogens is 424 g/mol. The van der Waals surface area contributed by atoms with Gasteiger partial charge in [-0.3, -0.25) is 4.98 Å². The Morgan fingerprint density at radius 3 is 2.44 bits per heavy atom. The summed E-state index contributed by atoms with van der Waals surface area (Å²) in [6.07, 6.45) is 9.45. The Morgan fingerprint density at radius 1 is 0.824 bits per heavy atom. The summed E-state index contributed by atoms with van der Waals surface area (Å²) in [5.41, 5.74) is 5.88. The maximum atomic E-state index is 11.5. The molecule has 0 unspecified atom stereocenters. The molecule has 168 valence electrons. The summed E-state index contributed by atoms with van der Waals surface area (Å²) < 4.78 is 2.33. The lowest BCUT2D eigenvalue weighted by molar-refractivity contribution is 0.0697. The average molecular weight is 449 g/mol. The summed E-state index contributed by atoms with van der Waals surface area (Å²) in [4.78, 5) is 25.4. The molecule has 6 heteroatoms. The van der Waals surface area contributed by atoms with Crippen molar-refractivity contribution in [3.8, 4) is 22.6 Å². The molecule has 3 aromatic heterocycles. The quantitative estimate of drug-likeness (QED) is 0.339. The number of pyridine rings is 2. The number of aromatic carboxylic acids is 1. The molecule has 1 aliphatic carbocycles. The summed E-state index contributed by atoms with van der Waals surface area (Å²) in [6.45, 7) is 0. The molecule has 0 amide bonds. The van der Waals surface area contributed by atoms with Crippen LogP contribution in [0.1, 0.15) is 48.5 Å². The fourth-order valence-electron chi connectivity index (χ4n) is 5.09. The van der Waals surface area contributed by atoms with Gasteiger partial charge >= 0.3 is 5.97 Å². The monoisotopic (exact) mass is 448 g/mol. The van der Waals surface area contributed by atoms with Gasteiger partial charge in [0.1, 0.15) is 5.82 Å². The van der Waals surface area contributed by atoms with Crippen molar-refractivity contribution in [1.29, 1.82) is 0 Å². The molecular formula is C28H24N4O2. The minimum Gasteiger partial charge on any atom is -0.478 e. The number of hydrogen-bond acceptors (Lipinski definition) is 4. The van der Waals surface area contributed by atoms with Gasteiger partial charge in [0.05, 0.1) is 27.8 Å². The van der Waals surface area contributed by atoms with Gasteiger partial charge in [0, 0.05) is 34.9 Å². The second kappa shape index (κ2) is 8.37. The summed E-state index contributed by atoms with van der Waals surface area (Å²) in [7, 11) is 0. The van der Waals surface area contributed by atoms with E-state index in [2.05, 4.69) is 27.8 Å². The highest BCUT2D eigenvalue weighted by molar-refractivity contribution is 5.94. The van der Waals surface area contributed by atoms with Gasteiger partial charge in [-0.1, -0.05) is 25.3 Å². The third-order valence-electron chi connectivity index (χ3n) is 6.80. The van der Waals surface area contributed by atoms with Crippen LogP contribution in [0.2, 0.25) is 0 Å². The van der Waals surface area contributed by atoms with Crippen molar-refractivity contribution >= 4 is 27.9 Å². The topological polar surface area (TPSA) is 80.9 Å². The zero-order chi connectivity index (χ0) is 23.1. The number of benzene rings is 2. The van der Waals surface area contributed by atoms with Crippen molar-refractivity contribution in [2.75, 3.05) is 0 Å². The Bertz CT molecular complexity index is 1520. The van der Waals surface area contributed by atoms with Gasteiger partial charge in [0.15, 0.2) is 0 Å². The van der Waals surface area contributed by atoms with Gasteiger partial charge in [-0.2, -0.15) is 0 Å². The Morgan fingerprint density at radius 2 is 1.65 bits per heavy atom. The van der Waals surface area contributed by atoms with Gasteiger partial charge in [0.25, 0.3) is 0 Å². The van der Waals surface area contributed by atoms with Crippen LogP contribution in [0, 0.1) is 0 Å². The Balaban J connectivity index is 1.48. The normalized spacial score (nSPS) is 14.6. The number of carbonyl (C=O) groups is 1. The predicted molar refractivity (Wildman–Crippen MR) is 133 cm³/mol. The number of carboxylic acid groups (broad SMARTS) is 1. The Hall–Kier alpha value is -4.06. The molecule has 1 aliphatic rings. The van der Waals surface area contributed by atoms with Crippen molar-refractivity contribution in [1.82, 2.24) is 19.5 Å². The molecule has 2 aromatic carbocycles. The minimum absolute atomic E-state index is 0.263. The third kappa shape index (κ3) is 3.61. The van der Waals surface area contributed by atoms with Crippen molar-refractivity contribution in [2.45, 2.75) is 38.1 Å². The zero-order valence-corrected chi connectivity index (χ0v) is 18.7. The van der Waals surface area contributed by atoms with Crippen LogP contribution in [-0.2, 0) is 0 Å². The zero-order valence-electron chi connectivity index (χ0n) is 18.7. The van der Waals surface area contributed by atoms with Crippen molar-refractivity contribution in [3.05, 3.63) is 78.6 Å². The molecule has 0 atom stereocenters. The molecule has 34 heavy (non-hydrogen) atoms. The maximum absolute atomic E-state index is 11.5. The van der Waals surface area contributed by atoms with E-state index >= 15 is 0 Å². The number of fused-ring (bicyclic) bond motifs is 2. The average Bonchev–Trinajstić information content (AvgIpc) is 3.28. The second-order valence-corrected chi connectivity index (χ2v) is 8.95. The van der Waals surface area contributed by atoms with Gasteiger partial charge < -0.3 is 9.67 Å². The fourth-order valence-corrected chi connectivity index (χ4v) is 5.09. The van der Waals surface area contributed by atoms with Crippen LogP contribution in [0.25, 0.3) is 44.6 Å². The summed E-state index contributed by atoms with van der Waals surface area (Å²) in [5, 5.41) is 10.5. The molecule has 0 bridgehead atoms. The molecule has 6 rings (SSSR count). The number of aromatic nitrogens is 4.